The van der Waals surface area contributed by atoms with Crippen LogP contribution in [-0.2, 0) is 14.3 Å². The predicted molar refractivity (Wildman–Crippen MR) is 109 cm³/mol. The second kappa shape index (κ2) is 9.07. The molecule has 2 aromatic carbocycles. The first-order valence-corrected chi connectivity index (χ1v) is 9.39. The molecule has 3 rings (SSSR count). The molecule has 0 unspecified atom stereocenters. The fourth-order valence-corrected chi connectivity index (χ4v) is 3.16. The smallest absolute Gasteiger partial charge is 0.337 e. The summed E-state index contributed by atoms with van der Waals surface area (Å²) in [5.41, 5.74) is 2.48. The molecule has 1 saturated heterocycles. The van der Waals surface area contributed by atoms with Crippen LogP contribution in [0.1, 0.15) is 34.8 Å². The Balaban J connectivity index is 1.70. The van der Waals surface area contributed by atoms with Gasteiger partial charge in [0.05, 0.1) is 18.6 Å². The van der Waals surface area contributed by atoms with Crippen molar-refractivity contribution in [2.24, 2.45) is 5.92 Å². The van der Waals surface area contributed by atoms with Gasteiger partial charge in [0.1, 0.15) is 0 Å². The topological polar surface area (TPSA) is 75.7 Å². The molecule has 29 heavy (non-hydrogen) atoms. The Bertz CT molecular complexity index is 1000. The standard InChI is InChI=1S/C23H22N2O4/c1-3-25-15-19(14-21(25)26)22(27)24-20-9-5-7-17(13-20)11-10-16-6-4-8-18(12-16)23(28)29-2/h4-9,12-13,19H,3,14-15H2,1-2H3,(H,24,27)/t19-/m0/s1. The summed E-state index contributed by atoms with van der Waals surface area (Å²) in [5.74, 6) is 5.16. The number of methoxy groups -OCH3 is 1. The number of esters is 1. The van der Waals surface area contributed by atoms with Gasteiger partial charge in [-0.2, -0.15) is 0 Å². The third kappa shape index (κ3) is 5.02. The monoisotopic (exact) mass is 390 g/mol. The van der Waals surface area contributed by atoms with Crippen LogP contribution >= 0.6 is 0 Å². The van der Waals surface area contributed by atoms with Gasteiger partial charge in [-0.05, 0) is 43.3 Å². The Morgan fingerprint density at radius 2 is 1.83 bits per heavy atom. The lowest BCUT2D eigenvalue weighted by Crippen LogP contribution is -2.28. The molecule has 0 radical (unpaired) electrons. The molecule has 0 spiro atoms. The zero-order valence-electron chi connectivity index (χ0n) is 16.4. The van der Waals surface area contributed by atoms with E-state index in [9.17, 15) is 14.4 Å². The van der Waals surface area contributed by atoms with Crippen molar-refractivity contribution in [3.05, 3.63) is 65.2 Å². The number of anilines is 1. The van der Waals surface area contributed by atoms with Crippen LogP contribution in [0.4, 0.5) is 5.69 Å². The normalized spacial score (nSPS) is 15.4. The summed E-state index contributed by atoms with van der Waals surface area (Å²) in [5, 5.41) is 2.87. The zero-order chi connectivity index (χ0) is 20.8. The third-order valence-electron chi connectivity index (χ3n) is 4.73. The van der Waals surface area contributed by atoms with Gasteiger partial charge >= 0.3 is 5.97 Å². The second-order valence-corrected chi connectivity index (χ2v) is 6.73. The first-order valence-electron chi connectivity index (χ1n) is 9.39. The largest absolute Gasteiger partial charge is 0.465 e. The number of rotatable bonds is 4. The molecular formula is C23H22N2O4. The first-order chi connectivity index (χ1) is 14.0. The van der Waals surface area contributed by atoms with Gasteiger partial charge in [-0.25, -0.2) is 4.79 Å². The van der Waals surface area contributed by atoms with Gasteiger partial charge in [0, 0.05) is 36.3 Å². The number of likely N-dealkylation sites (tertiary alicyclic amines) is 1. The average molecular weight is 390 g/mol. The lowest BCUT2D eigenvalue weighted by atomic mass is 10.1. The highest BCUT2D eigenvalue weighted by Gasteiger charge is 2.33. The van der Waals surface area contributed by atoms with E-state index < -0.39 is 5.97 Å². The van der Waals surface area contributed by atoms with E-state index in [-0.39, 0.29) is 24.2 Å². The van der Waals surface area contributed by atoms with Gasteiger partial charge in [0.2, 0.25) is 11.8 Å². The average Bonchev–Trinajstić information content (AvgIpc) is 3.13. The van der Waals surface area contributed by atoms with Crippen LogP contribution in [0.3, 0.4) is 0 Å². The second-order valence-electron chi connectivity index (χ2n) is 6.73. The molecule has 6 nitrogen and oxygen atoms in total. The number of nitrogens with zero attached hydrogens (tertiary/aromatic N) is 1. The number of hydrogen-bond donors (Lipinski definition) is 1. The van der Waals surface area contributed by atoms with E-state index in [0.717, 1.165) is 5.56 Å². The molecule has 1 N–H and O–H groups in total. The summed E-state index contributed by atoms with van der Waals surface area (Å²) >= 11 is 0. The number of nitrogens with one attached hydrogen (secondary N) is 1. The van der Waals surface area contributed by atoms with E-state index in [2.05, 4.69) is 17.2 Å². The number of carbonyl (C=O) groups is 3. The zero-order valence-corrected chi connectivity index (χ0v) is 16.4. The summed E-state index contributed by atoms with van der Waals surface area (Å²) in [7, 11) is 1.34. The van der Waals surface area contributed by atoms with Crippen LogP contribution in [0.15, 0.2) is 48.5 Å². The van der Waals surface area contributed by atoms with Gasteiger partial charge < -0.3 is 15.0 Å². The summed E-state index contributed by atoms with van der Waals surface area (Å²) < 4.78 is 4.72. The van der Waals surface area contributed by atoms with Crippen LogP contribution in [0.25, 0.3) is 0 Å². The van der Waals surface area contributed by atoms with Crippen molar-refractivity contribution in [3.63, 3.8) is 0 Å². The van der Waals surface area contributed by atoms with Crippen molar-refractivity contribution in [1.82, 2.24) is 4.90 Å². The minimum absolute atomic E-state index is 0.0152. The minimum atomic E-state index is -0.412. The van der Waals surface area contributed by atoms with Crippen LogP contribution in [0, 0.1) is 17.8 Å². The summed E-state index contributed by atoms with van der Waals surface area (Å²) in [6.07, 6.45) is 0.246. The van der Waals surface area contributed by atoms with E-state index in [1.165, 1.54) is 7.11 Å². The van der Waals surface area contributed by atoms with Gasteiger partial charge in [-0.3, -0.25) is 9.59 Å². The molecule has 1 fully saturated rings. The summed E-state index contributed by atoms with van der Waals surface area (Å²) in [4.78, 5) is 37.6. The highest BCUT2D eigenvalue weighted by Crippen LogP contribution is 2.20. The fourth-order valence-electron chi connectivity index (χ4n) is 3.16. The lowest BCUT2D eigenvalue weighted by molar-refractivity contribution is -0.128. The molecule has 0 aromatic heterocycles. The Morgan fingerprint density at radius 3 is 2.48 bits per heavy atom. The molecule has 1 heterocycles. The fraction of sp³-hybridized carbons (Fsp3) is 0.261. The predicted octanol–water partition coefficient (Wildman–Crippen LogP) is 2.68. The van der Waals surface area contributed by atoms with E-state index in [1.807, 2.05) is 25.1 Å². The highest BCUT2D eigenvalue weighted by atomic mass is 16.5. The molecule has 6 heteroatoms. The Hall–Kier alpha value is -3.59. The molecule has 1 aliphatic heterocycles. The van der Waals surface area contributed by atoms with Crippen molar-refractivity contribution in [3.8, 4) is 11.8 Å². The molecule has 1 atom stereocenters. The van der Waals surface area contributed by atoms with Crippen LogP contribution in [0.2, 0.25) is 0 Å². The molecule has 0 bridgehead atoms. The quantitative estimate of drug-likeness (QED) is 0.643. The number of hydrogen-bond acceptors (Lipinski definition) is 4. The van der Waals surface area contributed by atoms with E-state index in [0.29, 0.717) is 29.9 Å². The van der Waals surface area contributed by atoms with Crippen molar-refractivity contribution in [2.45, 2.75) is 13.3 Å². The van der Waals surface area contributed by atoms with Crippen molar-refractivity contribution in [1.29, 1.82) is 0 Å². The maximum Gasteiger partial charge on any atom is 0.337 e. The number of ether oxygens (including phenoxy) is 1. The maximum absolute atomic E-state index is 12.5. The summed E-state index contributed by atoms with van der Waals surface area (Å²) in [6.45, 7) is 2.98. The number of carbonyl (C=O) groups excluding carboxylic acids is 3. The minimum Gasteiger partial charge on any atom is -0.465 e. The van der Waals surface area contributed by atoms with Gasteiger partial charge in [-0.1, -0.05) is 24.0 Å². The van der Waals surface area contributed by atoms with Crippen LogP contribution in [-0.4, -0.2) is 42.9 Å². The van der Waals surface area contributed by atoms with Gasteiger partial charge in [0.15, 0.2) is 0 Å². The van der Waals surface area contributed by atoms with Crippen molar-refractivity contribution in [2.75, 3.05) is 25.5 Å². The SMILES string of the molecule is CCN1C[C@@H](C(=O)Nc2cccc(C#Cc3cccc(C(=O)OC)c3)c2)CC1=O. The third-order valence-corrected chi connectivity index (χ3v) is 4.73. The lowest BCUT2D eigenvalue weighted by Gasteiger charge is -2.13. The Labute approximate surface area is 169 Å². The van der Waals surface area contributed by atoms with Crippen LogP contribution < -0.4 is 5.32 Å². The molecule has 0 aliphatic carbocycles. The van der Waals surface area contributed by atoms with E-state index >= 15 is 0 Å². The number of amides is 2. The molecule has 2 aromatic rings. The highest BCUT2D eigenvalue weighted by molar-refractivity contribution is 5.97. The molecule has 2 amide bonds. The van der Waals surface area contributed by atoms with Crippen molar-refractivity contribution < 1.29 is 19.1 Å². The molecule has 148 valence electrons. The first kappa shape index (κ1) is 20.2. The number of benzene rings is 2. The van der Waals surface area contributed by atoms with Crippen molar-refractivity contribution >= 4 is 23.5 Å². The van der Waals surface area contributed by atoms with E-state index in [4.69, 9.17) is 4.74 Å². The molecular weight excluding hydrogens is 368 g/mol. The molecule has 0 saturated carbocycles. The van der Waals surface area contributed by atoms with Gasteiger partial charge in [-0.15, -0.1) is 0 Å². The maximum atomic E-state index is 12.5. The summed E-state index contributed by atoms with van der Waals surface area (Å²) in [6, 6.07) is 14.1. The Morgan fingerprint density at radius 1 is 1.14 bits per heavy atom. The van der Waals surface area contributed by atoms with E-state index in [1.54, 1.807) is 35.2 Å². The van der Waals surface area contributed by atoms with Gasteiger partial charge in [0.25, 0.3) is 0 Å². The van der Waals surface area contributed by atoms with Crippen LogP contribution in [0.5, 0.6) is 0 Å². The Kier molecular flexibility index (Phi) is 6.30. The molecule has 1 aliphatic rings.